The van der Waals surface area contributed by atoms with Gasteiger partial charge in [0.25, 0.3) is 0 Å². The zero-order valence-corrected chi connectivity index (χ0v) is 6.30. The quantitative estimate of drug-likeness (QED) is 0.504. The molecular weight excluding hydrogens is 142 g/mol. The summed E-state index contributed by atoms with van der Waals surface area (Å²) in [5.41, 5.74) is 1.71. The van der Waals surface area contributed by atoms with Gasteiger partial charge in [0.2, 0.25) is 0 Å². The highest BCUT2D eigenvalue weighted by Gasteiger charge is 2.25. The van der Waals surface area contributed by atoms with E-state index in [-0.39, 0.29) is 12.7 Å². The molecule has 1 heterocycles. The molecule has 1 aliphatic heterocycles. The summed E-state index contributed by atoms with van der Waals surface area (Å²) in [6, 6.07) is 5.10. The number of hydrogen-bond donors (Lipinski definition) is 0. The van der Waals surface area contributed by atoms with Crippen LogP contribution in [0.3, 0.4) is 0 Å². The maximum atomic E-state index is 13.1. The Labute approximate surface area is 65.3 Å². The van der Waals surface area contributed by atoms with Gasteiger partial charge in [-0.3, -0.25) is 0 Å². The largest absolute Gasteiger partial charge is 0.427 e. The molecule has 0 amide bonds. The maximum Gasteiger partial charge on any atom is 0.327 e. The van der Waals surface area contributed by atoms with E-state index in [0.29, 0.717) is 6.61 Å². The number of fused-ring (bicyclic) bond motifs is 1. The summed E-state index contributed by atoms with van der Waals surface area (Å²) in [7, 11) is 0. The molecule has 1 aliphatic rings. The van der Waals surface area contributed by atoms with E-state index < -0.39 is 0 Å². The van der Waals surface area contributed by atoms with Crippen LogP contribution in [0.2, 0.25) is 6.82 Å². The van der Waals surface area contributed by atoms with E-state index in [1.807, 2.05) is 12.9 Å². The molecule has 3 heteroatoms. The van der Waals surface area contributed by atoms with Crippen LogP contribution in [0.4, 0.5) is 4.39 Å². The average Bonchev–Trinajstić information content (AvgIpc) is 2.34. The highest BCUT2D eigenvalue weighted by atomic mass is 19.1. The predicted octanol–water partition coefficient (Wildman–Crippen LogP) is 1.18. The summed E-state index contributed by atoms with van der Waals surface area (Å²) in [6.07, 6.45) is 0. The summed E-state index contributed by atoms with van der Waals surface area (Å²) < 4.78 is 18.3. The highest BCUT2D eigenvalue weighted by molar-refractivity contribution is 6.67. The van der Waals surface area contributed by atoms with Gasteiger partial charge in [-0.15, -0.1) is 0 Å². The first-order valence-corrected chi connectivity index (χ1v) is 3.68. The fraction of sp³-hybridized carbons (Fsp3) is 0.250. The first kappa shape index (κ1) is 6.86. The zero-order valence-electron chi connectivity index (χ0n) is 6.30. The topological polar surface area (TPSA) is 9.23 Å². The summed E-state index contributed by atoms with van der Waals surface area (Å²) in [4.78, 5) is 0. The first-order chi connectivity index (χ1) is 5.29. The van der Waals surface area contributed by atoms with Crippen molar-refractivity contribution in [3.05, 3.63) is 29.6 Å². The Balaban J connectivity index is 2.58. The van der Waals surface area contributed by atoms with E-state index >= 15 is 0 Å². The van der Waals surface area contributed by atoms with Crippen molar-refractivity contribution in [1.29, 1.82) is 0 Å². The molecule has 1 nitrogen and oxygen atoms in total. The monoisotopic (exact) mass is 150 g/mol. The molecule has 0 saturated heterocycles. The van der Waals surface area contributed by atoms with Crippen molar-refractivity contribution in [2.24, 2.45) is 0 Å². The minimum absolute atomic E-state index is 0.0776. The number of hydrogen-bond acceptors (Lipinski definition) is 1. The molecular formula is C8H8BFO. The van der Waals surface area contributed by atoms with Gasteiger partial charge in [-0.1, -0.05) is 19.0 Å². The van der Waals surface area contributed by atoms with Crippen molar-refractivity contribution in [2.45, 2.75) is 13.4 Å². The SMILES string of the molecule is CB1OCc2cccc(F)c21. The zero-order chi connectivity index (χ0) is 7.84. The molecule has 0 aliphatic carbocycles. The molecule has 1 aromatic rings. The highest BCUT2D eigenvalue weighted by Crippen LogP contribution is 2.12. The van der Waals surface area contributed by atoms with Crippen molar-refractivity contribution in [3.63, 3.8) is 0 Å². The second-order valence-corrected chi connectivity index (χ2v) is 2.77. The average molecular weight is 150 g/mol. The second kappa shape index (κ2) is 2.34. The molecule has 0 spiro atoms. The summed E-state index contributed by atoms with van der Waals surface area (Å²) >= 11 is 0. The van der Waals surface area contributed by atoms with Gasteiger partial charge in [0.15, 0.2) is 0 Å². The van der Waals surface area contributed by atoms with Gasteiger partial charge in [-0.05, 0) is 17.1 Å². The minimum Gasteiger partial charge on any atom is -0.427 e. The summed E-state index contributed by atoms with van der Waals surface area (Å²) in [5.74, 6) is -0.146. The Kier molecular flexibility index (Phi) is 1.46. The Morgan fingerprint density at radius 2 is 2.36 bits per heavy atom. The van der Waals surface area contributed by atoms with Crippen LogP contribution >= 0.6 is 0 Å². The third-order valence-electron chi connectivity index (χ3n) is 2.04. The normalized spacial score (nSPS) is 15.3. The molecule has 0 N–H and O–H groups in total. The molecule has 0 saturated carbocycles. The Morgan fingerprint density at radius 1 is 1.55 bits per heavy atom. The third kappa shape index (κ3) is 0.961. The lowest BCUT2D eigenvalue weighted by Crippen LogP contribution is -2.27. The second-order valence-electron chi connectivity index (χ2n) is 2.77. The van der Waals surface area contributed by atoms with Gasteiger partial charge >= 0.3 is 6.92 Å². The van der Waals surface area contributed by atoms with Crippen LogP contribution in [0.15, 0.2) is 18.2 Å². The van der Waals surface area contributed by atoms with Crippen LogP contribution in [0, 0.1) is 5.82 Å². The number of halogens is 1. The fourth-order valence-electron chi connectivity index (χ4n) is 1.46. The van der Waals surface area contributed by atoms with Gasteiger partial charge in [0.05, 0.1) is 6.61 Å². The Bertz CT molecular complexity index is 287. The molecule has 1 aromatic carbocycles. The molecule has 56 valence electrons. The van der Waals surface area contributed by atoms with Crippen LogP contribution < -0.4 is 5.46 Å². The summed E-state index contributed by atoms with van der Waals surface area (Å²) in [6.45, 7) is 2.34. The van der Waals surface area contributed by atoms with Crippen LogP contribution in [-0.4, -0.2) is 6.92 Å². The lowest BCUT2D eigenvalue weighted by Gasteiger charge is -1.99. The fourth-order valence-corrected chi connectivity index (χ4v) is 1.46. The molecule has 11 heavy (non-hydrogen) atoms. The van der Waals surface area contributed by atoms with E-state index in [9.17, 15) is 4.39 Å². The predicted molar refractivity (Wildman–Crippen MR) is 42.4 cm³/mol. The molecule has 0 radical (unpaired) electrons. The third-order valence-corrected chi connectivity index (χ3v) is 2.04. The lowest BCUT2D eigenvalue weighted by molar-refractivity contribution is 0.333. The van der Waals surface area contributed by atoms with Crippen LogP contribution in [0.25, 0.3) is 0 Å². The smallest absolute Gasteiger partial charge is 0.327 e. The van der Waals surface area contributed by atoms with E-state index in [0.717, 1.165) is 11.0 Å². The van der Waals surface area contributed by atoms with Gasteiger partial charge in [-0.2, -0.15) is 0 Å². The standard InChI is InChI=1S/C8H8BFO/c1-9-8-6(5-11-9)3-2-4-7(8)10/h2-4H,5H2,1H3. The van der Waals surface area contributed by atoms with Crippen LogP contribution in [0.1, 0.15) is 5.56 Å². The Hall–Kier alpha value is -0.825. The van der Waals surface area contributed by atoms with Crippen molar-refractivity contribution >= 4 is 12.4 Å². The molecule has 0 aromatic heterocycles. The molecule has 0 atom stereocenters. The number of benzene rings is 1. The minimum atomic E-state index is -0.146. The maximum absolute atomic E-state index is 13.1. The van der Waals surface area contributed by atoms with Crippen molar-refractivity contribution in [2.75, 3.05) is 0 Å². The van der Waals surface area contributed by atoms with Gasteiger partial charge in [0.1, 0.15) is 5.82 Å². The van der Waals surface area contributed by atoms with Gasteiger partial charge < -0.3 is 4.65 Å². The van der Waals surface area contributed by atoms with Crippen LogP contribution in [0.5, 0.6) is 0 Å². The van der Waals surface area contributed by atoms with Crippen LogP contribution in [-0.2, 0) is 11.3 Å². The van der Waals surface area contributed by atoms with E-state index in [2.05, 4.69) is 0 Å². The Morgan fingerprint density at radius 3 is 3.09 bits per heavy atom. The van der Waals surface area contributed by atoms with Gasteiger partial charge in [-0.25, -0.2) is 4.39 Å². The first-order valence-electron chi connectivity index (χ1n) is 3.68. The molecule has 0 fully saturated rings. The molecule has 2 rings (SSSR count). The molecule has 0 bridgehead atoms. The summed E-state index contributed by atoms with van der Waals surface area (Å²) in [5, 5.41) is 0. The van der Waals surface area contributed by atoms with Gasteiger partial charge in [0, 0.05) is 0 Å². The van der Waals surface area contributed by atoms with Crippen molar-refractivity contribution in [1.82, 2.24) is 0 Å². The van der Waals surface area contributed by atoms with E-state index in [4.69, 9.17) is 4.65 Å². The molecule has 0 unspecified atom stereocenters. The number of rotatable bonds is 0. The van der Waals surface area contributed by atoms with E-state index in [1.54, 1.807) is 6.07 Å². The van der Waals surface area contributed by atoms with Crippen molar-refractivity contribution in [3.8, 4) is 0 Å². The van der Waals surface area contributed by atoms with E-state index in [1.165, 1.54) is 6.07 Å². The van der Waals surface area contributed by atoms with Crippen molar-refractivity contribution < 1.29 is 9.04 Å². The lowest BCUT2D eigenvalue weighted by atomic mass is 9.64.